The molecular formula is C14H12ClN3. The zero-order valence-corrected chi connectivity index (χ0v) is 10.7. The highest BCUT2D eigenvalue weighted by atomic mass is 35.5. The van der Waals surface area contributed by atoms with E-state index >= 15 is 0 Å². The fourth-order valence-corrected chi connectivity index (χ4v) is 2.47. The topological polar surface area (TPSA) is 30.7 Å². The van der Waals surface area contributed by atoms with Gasteiger partial charge in [-0.05, 0) is 42.8 Å². The minimum Gasteiger partial charge on any atom is -0.306 e. The van der Waals surface area contributed by atoms with Crippen LogP contribution in [0, 0.1) is 0 Å². The van der Waals surface area contributed by atoms with Crippen LogP contribution in [-0.2, 0) is 0 Å². The van der Waals surface area contributed by atoms with Crippen LogP contribution in [-0.4, -0.2) is 14.5 Å². The molecule has 0 fully saturated rings. The number of benzene rings is 1. The summed E-state index contributed by atoms with van der Waals surface area (Å²) in [6, 6.07) is 13.9. The number of hydrogen-bond acceptors (Lipinski definition) is 2. The van der Waals surface area contributed by atoms with Crippen LogP contribution >= 0.6 is 11.6 Å². The van der Waals surface area contributed by atoms with Gasteiger partial charge in [-0.3, -0.25) is 4.98 Å². The molecule has 3 rings (SSSR count). The molecule has 0 saturated carbocycles. The van der Waals surface area contributed by atoms with Crippen LogP contribution < -0.4 is 0 Å². The van der Waals surface area contributed by atoms with E-state index in [1.807, 2.05) is 47.0 Å². The Bertz CT molecular complexity index is 676. The molecule has 90 valence electrons. The van der Waals surface area contributed by atoms with Crippen LogP contribution in [0.15, 0.2) is 48.7 Å². The summed E-state index contributed by atoms with van der Waals surface area (Å²) in [4.78, 5) is 8.74. The molecule has 3 aromatic rings. The first kappa shape index (κ1) is 11.2. The van der Waals surface area contributed by atoms with Crippen LogP contribution in [0.1, 0.15) is 18.7 Å². The van der Waals surface area contributed by atoms with Crippen LogP contribution in [0.4, 0.5) is 0 Å². The molecule has 0 aliphatic rings. The summed E-state index contributed by atoms with van der Waals surface area (Å²) in [6.07, 6.45) is 1.79. The Hall–Kier alpha value is -1.87. The first-order valence-electron chi connectivity index (χ1n) is 5.81. The maximum absolute atomic E-state index is 6.24. The van der Waals surface area contributed by atoms with E-state index in [0.717, 1.165) is 16.7 Å². The van der Waals surface area contributed by atoms with E-state index in [1.165, 1.54) is 0 Å². The monoisotopic (exact) mass is 257 g/mol. The van der Waals surface area contributed by atoms with Gasteiger partial charge in [0.1, 0.15) is 0 Å². The van der Waals surface area contributed by atoms with Gasteiger partial charge < -0.3 is 4.57 Å². The molecule has 0 amide bonds. The average molecular weight is 258 g/mol. The van der Waals surface area contributed by atoms with E-state index in [1.54, 1.807) is 6.20 Å². The van der Waals surface area contributed by atoms with Crippen LogP contribution in [0.5, 0.6) is 0 Å². The Morgan fingerprint density at radius 2 is 1.89 bits per heavy atom. The lowest BCUT2D eigenvalue weighted by atomic mass is 10.2. The van der Waals surface area contributed by atoms with Crippen LogP contribution in [0.2, 0.25) is 5.28 Å². The lowest BCUT2D eigenvalue weighted by Gasteiger charge is -2.14. The summed E-state index contributed by atoms with van der Waals surface area (Å²) in [5.74, 6) is 0. The van der Waals surface area contributed by atoms with Crippen LogP contribution in [0.3, 0.4) is 0 Å². The second kappa shape index (κ2) is 4.42. The minimum atomic E-state index is 0.0612. The van der Waals surface area contributed by atoms with Crippen molar-refractivity contribution in [2.75, 3.05) is 0 Å². The number of imidazole rings is 1. The van der Waals surface area contributed by atoms with E-state index in [-0.39, 0.29) is 6.04 Å². The van der Waals surface area contributed by atoms with Crippen molar-refractivity contribution in [2.24, 2.45) is 0 Å². The third kappa shape index (κ3) is 1.77. The summed E-state index contributed by atoms with van der Waals surface area (Å²) >= 11 is 6.24. The van der Waals surface area contributed by atoms with Gasteiger partial charge in [0.15, 0.2) is 0 Å². The van der Waals surface area contributed by atoms with Crippen molar-refractivity contribution < 1.29 is 0 Å². The Morgan fingerprint density at radius 1 is 1.11 bits per heavy atom. The minimum absolute atomic E-state index is 0.0612. The first-order chi connectivity index (χ1) is 8.77. The van der Waals surface area contributed by atoms with Gasteiger partial charge in [-0.25, -0.2) is 4.98 Å². The largest absolute Gasteiger partial charge is 0.306 e. The molecule has 0 bridgehead atoms. The zero-order valence-electron chi connectivity index (χ0n) is 9.92. The molecule has 0 radical (unpaired) electrons. The molecule has 0 N–H and O–H groups in total. The highest BCUT2D eigenvalue weighted by Crippen LogP contribution is 2.27. The fourth-order valence-electron chi connectivity index (χ4n) is 2.14. The smallest absolute Gasteiger partial charge is 0.204 e. The number of nitrogens with zero attached hydrogens (tertiary/aromatic N) is 3. The van der Waals surface area contributed by atoms with Gasteiger partial charge in [0, 0.05) is 6.20 Å². The van der Waals surface area contributed by atoms with E-state index in [2.05, 4.69) is 16.9 Å². The highest BCUT2D eigenvalue weighted by Gasteiger charge is 2.16. The predicted molar refractivity (Wildman–Crippen MR) is 72.8 cm³/mol. The predicted octanol–water partition coefficient (Wildman–Crippen LogP) is 3.69. The summed E-state index contributed by atoms with van der Waals surface area (Å²) in [7, 11) is 0. The molecule has 0 aliphatic carbocycles. The number of aromatic nitrogens is 3. The van der Waals surface area contributed by atoms with Crippen molar-refractivity contribution in [1.29, 1.82) is 0 Å². The number of rotatable bonds is 2. The molecular weight excluding hydrogens is 246 g/mol. The number of para-hydroxylation sites is 2. The zero-order chi connectivity index (χ0) is 12.5. The lowest BCUT2D eigenvalue weighted by Crippen LogP contribution is -2.08. The van der Waals surface area contributed by atoms with E-state index in [4.69, 9.17) is 11.6 Å². The first-order valence-corrected chi connectivity index (χ1v) is 6.18. The van der Waals surface area contributed by atoms with E-state index in [9.17, 15) is 0 Å². The molecule has 3 nitrogen and oxygen atoms in total. The van der Waals surface area contributed by atoms with E-state index < -0.39 is 0 Å². The van der Waals surface area contributed by atoms with Crippen molar-refractivity contribution in [3.63, 3.8) is 0 Å². The van der Waals surface area contributed by atoms with Crippen molar-refractivity contribution in [1.82, 2.24) is 14.5 Å². The summed E-state index contributed by atoms with van der Waals surface area (Å²) in [5, 5.41) is 0.495. The quantitative estimate of drug-likeness (QED) is 0.701. The molecule has 4 heteroatoms. The highest BCUT2D eigenvalue weighted by molar-refractivity contribution is 6.29. The molecule has 2 heterocycles. The van der Waals surface area contributed by atoms with Crippen molar-refractivity contribution in [2.45, 2.75) is 13.0 Å². The standard InChI is InChI=1S/C14H12ClN3/c1-10(11-6-4-5-9-16-11)18-13-8-3-2-7-12(13)17-14(18)15/h2-10H,1H3. The molecule has 0 spiro atoms. The number of halogens is 1. The Balaban J connectivity index is 2.17. The maximum atomic E-state index is 6.24. The average Bonchev–Trinajstić information content (AvgIpc) is 2.75. The van der Waals surface area contributed by atoms with Crippen molar-refractivity contribution >= 4 is 22.6 Å². The van der Waals surface area contributed by atoms with Gasteiger partial charge in [-0.15, -0.1) is 0 Å². The molecule has 0 saturated heterocycles. The lowest BCUT2D eigenvalue weighted by molar-refractivity contribution is 0.639. The Kier molecular flexibility index (Phi) is 2.76. The molecule has 2 aromatic heterocycles. The maximum Gasteiger partial charge on any atom is 0.204 e. The van der Waals surface area contributed by atoms with Crippen LogP contribution in [0.25, 0.3) is 11.0 Å². The van der Waals surface area contributed by atoms with Gasteiger partial charge in [0.2, 0.25) is 5.28 Å². The van der Waals surface area contributed by atoms with Gasteiger partial charge in [-0.1, -0.05) is 18.2 Å². The number of hydrogen-bond donors (Lipinski definition) is 0. The third-order valence-corrected chi connectivity index (χ3v) is 3.32. The fraction of sp³-hybridized carbons (Fsp3) is 0.143. The molecule has 1 atom stereocenters. The van der Waals surface area contributed by atoms with Gasteiger partial charge in [0.05, 0.1) is 22.8 Å². The molecule has 1 unspecified atom stereocenters. The summed E-state index contributed by atoms with van der Waals surface area (Å²) < 4.78 is 2.00. The normalized spacial score (nSPS) is 12.8. The SMILES string of the molecule is CC(c1ccccn1)n1c(Cl)nc2ccccc21. The van der Waals surface area contributed by atoms with Gasteiger partial charge >= 0.3 is 0 Å². The molecule has 18 heavy (non-hydrogen) atoms. The third-order valence-electron chi connectivity index (χ3n) is 3.06. The molecule has 0 aliphatic heterocycles. The van der Waals surface area contributed by atoms with Crippen molar-refractivity contribution in [3.8, 4) is 0 Å². The summed E-state index contributed by atoms with van der Waals surface area (Å²) in [6.45, 7) is 2.07. The second-order valence-corrected chi connectivity index (χ2v) is 4.51. The molecule has 1 aromatic carbocycles. The van der Waals surface area contributed by atoms with Gasteiger partial charge in [-0.2, -0.15) is 0 Å². The number of pyridine rings is 1. The second-order valence-electron chi connectivity index (χ2n) is 4.17. The Morgan fingerprint density at radius 3 is 2.67 bits per heavy atom. The number of fused-ring (bicyclic) bond motifs is 1. The summed E-state index contributed by atoms with van der Waals surface area (Å²) in [5.41, 5.74) is 2.91. The van der Waals surface area contributed by atoms with E-state index in [0.29, 0.717) is 5.28 Å². The van der Waals surface area contributed by atoms with Crippen molar-refractivity contribution in [3.05, 3.63) is 59.6 Å². The van der Waals surface area contributed by atoms with Gasteiger partial charge in [0.25, 0.3) is 0 Å². The Labute approximate surface area is 110 Å².